The van der Waals surface area contributed by atoms with Crippen molar-refractivity contribution in [1.29, 1.82) is 0 Å². The molecule has 2 rings (SSSR count). The van der Waals surface area contributed by atoms with Gasteiger partial charge in [0.2, 0.25) is 0 Å². The summed E-state index contributed by atoms with van der Waals surface area (Å²) in [5.74, 6) is 0. The standard InChI is InChI=1S/C13H12O2S.C2H6/c1-16(14,15)13-9-7-12(8-10-13)11-5-3-2-4-6-11;1-2/h2-10H,1H3;1-2H3. The first-order valence-electron chi connectivity index (χ1n) is 5.93. The van der Waals surface area contributed by atoms with E-state index in [1.54, 1.807) is 12.1 Å². The van der Waals surface area contributed by atoms with E-state index in [-0.39, 0.29) is 0 Å². The fraction of sp³-hybridized carbons (Fsp3) is 0.200. The molecule has 0 aliphatic rings. The Labute approximate surface area is 109 Å². The first kappa shape index (κ1) is 14.5. The summed E-state index contributed by atoms with van der Waals surface area (Å²) in [7, 11) is -3.10. The molecule has 0 bridgehead atoms. The molecule has 3 heteroatoms. The minimum Gasteiger partial charge on any atom is -0.224 e. The summed E-state index contributed by atoms with van der Waals surface area (Å²) in [5.41, 5.74) is 2.11. The first-order valence-corrected chi connectivity index (χ1v) is 7.82. The van der Waals surface area contributed by atoms with Gasteiger partial charge in [0.1, 0.15) is 0 Å². The molecule has 2 nitrogen and oxygen atoms in total. The summed E-state index contributed by atoms with van der Waals surface area (Å²) in [4.78, 5) is 0.354. The predicted octanol–water partition coefficient (Wildman–Crippen LogP) is 3.78. The van der Waals surface area contributed by atoms with Crippen LogP contribution in [0.1, 0.15) is 13.8 Å². The van der Waals surface area contributed by atoms with Crippen LogP contribution in [0.2, 0.25) is 0 Å². The molecular formula is C15H18O2S. The van der Waals surface area contributed by atoms with Gasteiger partial charge in [0, 0.05) is 6.26 Å². The second-order valence-corrected chi connectivity index (χ2v) is 5.68. The Balaban J connectivity index is 0.000000771. The van der Waals surface area contributed by atoms with E-state index in [1.165, 1.54) is 6.26 Å². The maximum atomic E-state index is 11.3. The third kappa shape index (κ3) is 3.70. The predicted molar refractivity (Wildman–Crippen MR) is 76.3 cm³/mol. The van der Waals surface area contributed by atoms with Gasteiger partial charge in [-0.2, -0.15) is 0 Å². The number of hydrogen-bond acceptors (Lipinski definition) is 2. The Hall–Kier alpha value is -1.61. The summed E-state index contributed by atoms with van der Waals surface area (Å²) < 4.78 is 22.6. The first-order chi connectivity index (χ1) is 8.57. The smallest absolute Gasteiger partial charge is 0.175 e. The lowest BCUT2D eigenvalue weighted by molar-refractivity contribution is 0.602. The van der Waals surface area contributed by atoms with Crippen molar-refractivity contribution in [1.82, 2.24) is 0 Å². The summed E-state index contributed by atoms with van der Waals surface area (Å²) in [6, 6.07) is 16.8. The van der Waals surface area contributed by atoms with Crippen LogP contribution in [0.25, 0.3) is 11.1 Å². The van der Waals surface area contributed by atoms with Gasteiger partial charge in [-0.3, -0.25) is 0 Å². The molecule has 0 unspecified atom stereocenters. The minimum absolute atomic E-state index is 0.354. The van der Waals surface area contributed by atoms with Crippen LogP contribution in [0, 0.1) is 0 Å². The van der Waals surface area contributed by atoms with E-state index in [0.29, 0.717) is 4.90 Å². The third-order valence-corrected chi connectivity index (χ3v) is 3.52. The minimum atomic E-state index is -3.10. The van der Waals surface area contributed by atoms with E-state index in [9.17, 15) is 8.42 Å². The molecule has 0 N–H and O–H groups in total. The molecule has 0 radical (unpaired) electrons. The summed E-state index contributed by atoms with van der Waals surface area (Å²) in [6.07, 6.45) is 1.21. The molecular weight excluding hydrogens is 244 g/mol. The van der Waals surface area contributed by atoms with Gasteiger partial charge in [-0.1, -0.05) is 56.3 Å². The van der Waals surface area contributed by atoms with Gasteiger partial charge in [-0.05, 0) is 23.3 Å². The van der Waals surface area contributed by atoms with Gasteiger partial charge < -0.3 is 0 Å². The van der Waals surface area contributed by atoms with E-state index in [4.69, 9.17) is 0 Å². The van der Waals surface area contributed by atoms with E-state index < -0.39 is 9.84 Å². The van der Waals surface area contributed by atoms with Crippen LogP contribution in [0.4, 0.5) is 0 Å². The fourth-order valence-electron chi connectivity index (χ4n) is 1.53. The normalized spacial score (nSPS) is 10.4. The van der Waals surface area contributed by atoms with Crippen molar-refractivity contribution in [2.75, 3.05) is 6.26 Å². The highest BCUT2D eigenvalue weighted by Crippen LogP contribution is 2.20. The van der Waals surface area contributed by atoms with Gasteiger partial charge in [-0.25, -0.2) is 8.42 Å². The van der Waals surface area contributed by atoms with Crippen LogP contribution in [0.15, 0.2) is 59.5 Å². The van der Waals surface area contributed by atoms with Crippen molar-refractivity contribution >= 4 is 9.84 Å². The van der Waals surface area contributed by atoms with Crippen molar-refractivity contribution < 1.29 is 8.42 Å². The lowest BCUT2D eigenvalue weighted by Crippen LogP contribution is -1.96. The molecule has 18 heavy (non-hydrogen) atoms. The van der Waals surface area contributed by atoms with Crippen molar-refractivity contribution in [3.8, 4) is 11.1 Å². The van der Waals surface area contributed by atoms with Crippen LogP contribution in [-0.4, -0.2) is 14.7 Å². The van der Waals surface area contributed by atoms with Crippen molar-refractivity contribution in [2.24, 2.45) is 0 Å². The number of hydrogen-bond donors (Lipinski definition) is 0. The average Bonchev–Trinajstić information content (AvgIpc) is 2.41. The molecule has 0 spiro atoms. The molecule has 2 aromatic carbocycles. The molecule has 0 fully saturated rings. The Morgan fingerprint density at radius 1 is 0.722 bits per heavy atom. The molecule has 0 aliphatic heterocycles. The highest BCUT2D eigenvalue weighted by molar-refractivity contribution is 7.90. The summed E-state index contributed by atoms with van der Waals surface area (Å²) in [6.45, 7) is 4.00. The zero-order chi connectivity index (χ0) is 13.6. The highest BCUT2D eigenvalue weighted by Gasteiger charge is 2.06. The zero-order valence-electron chi connectivity index (χ0n) is 10.9. The summed E-state index contributed by atoms with van der Waals surface area (Å²) >= 11 is 0. The van der Waals surface area contributed by atoms with Crippen LogP contribution in [0.5, 0.6) is 0 Å². The molecule has 0 amide bonds. The van der Waals surface area contributed by atoms with Gasteiger partial charge in [0.15, 0.2) is 9.84 Å². The van der Waals surface area contributed by atoms with Crippen molar-refractivity contribution in [2.45, 2.75) is 18.7 Å². The lowest BCUT2D eigenvalue weighted by Gasteiger charge is -2.02. The number of rotatable bonds is 2. The Morgan fingerprint density at radius 2 is 1.17 bits per heavy atom. The molecule has 0 aliphatic carbocycles. The molecule has 0 aromatic heterocycles. The molecule has 0 heterocycles. The maximum absolute atomic E-state index is 11.3. The Bertz CT molecular complexity index is 570. The Kier molecular flexibility index (Phi) is 5.10. The third-order valence-electron chi connectivity index (χ3n) is 2.39. The van der Waals surface area contributed by atoms with Gasteiger partial charge >= 0.3 is 0 Å². The van der Waals surface area contributed by atoms with Crippen LogP contribution in [0.3, 0.4) is 0 Å². The van der Waals surface area contributed by atoms with Crippen molar-refractivity contribution in [3.05, 3.63) is 54.6 Å². The highest BCUT2D eigenvalue weighted by atomic mass is 32.2. The van der Waals surface area contributed by atoms with E-state index in [1.807, 2.05) is 56.3 Å². The fourth-order valence-corrected chi connectivity index (χ4v) is 2.16. The zero-order valence-corrected chi connectivity index (χ0v) is 11.7. The quantitative estimate of drug-likeness (QED) is 0.825. The monoisotopic (exact) mass is 262 g/mol. The molecule has 0 saturated heterocycles. The second-order valence-electron chi connectivity index (χ2n) is 3.66. The molecule has 0 saturated carbocycles. The summed E-state index contributed by atoms with van der Waals surface area (Å²) in [5, 5.41) is 0. The maximum Gasteiger partial charge on any atom is 0.175 e. The van der Waals surface area contributed by atoms with Crippen molar-refractivity contribution in [3.63, 3.8) is 0 Å². The number of sulfone groups is 1. The largest absolute Gasteiger partial charge is 0.224 e. The van der Waals surface area contributed by atoms with Crippen LogP contribution in [-0.2, 0) is 9.84 Å². The van der Waals surface area contributed by atoms with E-state index in [0.717, 1.165) is 11.1 Å². The van der Waals surface area contributed by atoms with Gasteiger partial charge in [0.05, 0.1) is 4.90 Å². The SMILES string of the molecule is CC.CS(=O)(=O)c1ccc(-c2ccccc2)cc1. The topological polar surface area (TPSA) is 34.1 Å². The van der Waals surface area contributed by atoms with Crippen LogP contribution < -0.4 is 0 Å². The van der Waals surface area contributed by atoms with E-state index in [2.05, 4.69) is 0 Å². The van der Waals surface area contributed by atoms with Gasteiger partial charge in [-0.15, -0.1) is 0 Å². The number of benzene rings is 2. The Morgan fingerprint density at radius 3 is 1.61 bits per heavy atom. The molecule has 96 valence electrons. The molecule has 0 atom stereocenters. The average molecular weight is 262 g/mol. The van der Waals surface area contributed by atoms with Crippen LogP contribution >= 0.6 is 0 Å². The molecule has 2 aromatic rings. The van der Waals surface area contributed by atoms with Gasteiger partial charge in [0.25, 0.3) is 0 Å². The van der Waals surface area contributed by atoms with E-state index >= 15 is 0 Å². The second kappa shape index (κ2) is 6.36. The lowest BCUT2D eigenvalue weighted by atomic mass is 10.1.